The molecule has 1 nitrogen and oxygen atoms in total. The van der Waals surface area contributed by atoms with Crippen LogP contribution in [0.5, 0.6) is 0 Å². The van der Waals surface area contributed by atoms with E-state index < -0.39 is 0 Å². The summed E-state index contributed by atoms with van der Waals surface area (Å²) in [6, 6.07) is 17.8. The van der Waals surface area contributed by atoms with Crippen molar-refractivity contribution in [2.75, 3.05) is 0 Å². The van der Waals surface area contributed by atoms with Gasteiger partial charge in [0.15, 0.2) is 6.29 Å². The molecule has 20 heavy (non-hydrogen) atoms. The highest BCUT2D eigenvalue weighted by molar-refractivity contribution is 6.31. The number of halogens is 1. The third-order valence-electron chi connectivity index (χ3n) is 3.55. The fraction of sp³-hybridized carbons (Fsp3) is 0.0556. The highest BCUT2D eigenvalue weighted by Gasteiger charge is 2.11. The molecule has 0 atom stereocenters. The van der Waals surface area contributed by atoms with Crippen LogP contribution in [-0.2, 0) is 0 Å². The summed E-state index contributed by atoms with van der Waals surface area (Å²) < 4.78 is 0. The fourth-order valence-corrected chi connectivity index (χ4v) is 2.78. The number of carbonyl (C=O) groups excluding carboxylic acids is 1. The van der Waals surface area contributed by atoms with E-state index >= 15 is 0 Å². The summed E-state index contributed by atoms with van der Waals surface area (Å²) in [7, 11) is 0. The van der Waals surface area contributed by atoms with E-state index in [9.17, 15) is 4.79 Å². The number of fused-ring (bicyclic) bond motifs is 1. The van der Waals surface area contributed by atoms with Gasteiger partial charge >= 0.3 is 0 Å². The molecule has 0 bridgehead atoms. The highest BCUT2D eigenvalue weighted by atomic mass is 35.5. The van der Waals surface area contributed by atoms with Crippen LogP contribution in [0.1, 0.15) is 15.9 Å². The zero-order valence-electron chi connectivity index (χ0n) is 11.1. The highest BCUT2D eigenvalue weighted by Crippen LogP contribution is 2.34. The first-order valence-electron chi connectivity index (χ1n) is 6.44. The van der Waals surface area contributed by atoms with Gasteiger partial charge in [0.2, 0.25) is 0 Å². The average molecular weight is 281 g/mol. The minimum Gasteiger partial charge on any atom is -0.298 e. The maximum absolute atomic E-state index is 11.3. The van der Waals surface area contributed by atoms with Crippen LogP contribution in [0.2, 0.25) is 5.02 Å². The van der Waals surface area contributed by atoms with Gasteiger partial charge in [-0.05, 0) is 46.5 Å². The first-order valence-corrected chi connectivity index (χ1v) is 6.82. The third-order valence-corrected chi connectivity index (χ3v) is 3.78. The monoisotopic (exact) mass is 280 g/mol. The van der Waals surface area contributed by atoms with Crippen LogP contribution in [0.25, 0.3) is 21.9 Å². The predicted octanol–water partition coefficient (Wildman–Crippen LogP) is 5.28. The van der Waals surface area contributed by atoms with Crippen molar-refractivity contribution in [1.82, 2.24) is 0 Å². The first kappa shape index (κ1) is 12.9. The van der Waals surface area contributed by atoms with Gasteiger partial charge in [0, 0.05) is 10.6 Å². The molecule has 0 heterocycles. The van der Waals surface area contributed by atoms with E-state index in [1.165, 1.54) is 5.39 Å². The Labute approximate surface area is 122 Å². The lowest BCUT2D eigenvalue weighted by atomic mass is 9.91. The Bertz CT molecular complexity index is 806. The number of hydrogen-bond donors (Lipinski definition) is 0. The molecule has 0 aliphatic heterocycles. The molecular formula is C18H13ClO. The van der Waals surface area contributed by atoms with Gasteiger partial charge < -0.3 is 0 Å². The Balaban J connectivity index is 2.40. The Kier molecular flexibility index (Phi) is 3.29. The second kappa shape index (κ2) is 5.10. The topological polar surface area (TPSA) is 17.1 Å². The lowest BCUT2D eigenvalue weighted by Gasteiger charge is -2.13. The number of hydrogen-bond acceptors (Lipinski definition) is 1. The van der Waals surface area contributed by atoms with Crippen LogP contribution < -0.4 is 0 Å². The van der Waals surface area contributed by atoms with Gasteiger partial charge in [-0.2, -0.15) is 0 Å². The molecule has 0 aliphatic rings. The van der Waals surface area contributed by atoms with Gasteiger partial charge in [0.25, 0.3) is 0 Å². The summed E-state index contributed by atoms with van der Waals surface area (Å²) in [5.41, 5.74) is 3.80. The summed E-state index contributed by atoms with van der Waals surface area (Å²) in [4.78, 5) is 11.3. The molecule has 98 valence electrons. The van der Waals surface area contributed by atoms with Crippen molar-refractivity contribution in [2.45, 2.75) is 6.92 Å². The number of aryl methyl sites for hydroxylation is 1. The molecule has 0 aromatic heterocycles. The van der Waals surface area contributed by atoms with Crippen molar-refractivity contribution in [1.29, 1.82) is 0 Å². The molecule has 0 fully saturated rings. The molecule has 3 aromatic rings. The lowest BCUT2D eigenvalue weighted by Crippen LogP contribution is -1.92. The number of rotatable bonds is 2. The molecule has 0 N–H and O–H groups in total. The Morgan fingerprint density at radius 1 is 1.00 bits per heavy atom. The van der Waals surface area contributed by atoms with Gasteiger partial charge in [-0.15, -0.1) is 0 Å². The van der Waals surface area contributed by atoms with E-state index in [0.717, 1.165) is 28.4 Å². The second-order valence-electron chi connectivity index (χ2n) is 4.83. The van der Waals surface area contributed by atoms with E-state index in [0.29, 0.717) is 10.6 Å². The van der Waals surface area contributed by atoms with Crippen LogP contribution in [0.4, 0.5) is 0 Å². The zero-order chi connectivity index (χ0) is 14.1. The molecule has 3 rings (SSSR count). The quantitative estimate of drug-likeness (QED) is 0.584. The molecule has 3 aromatic carbocycles. The smallest absolute Gasteiger partial charge is 0.150 e. The minimum absolute atomic E-state index is 0.578. The van der Waals surface area contributed by atoms with E-state index in [2.05, 4.69) is 31.2 Å². The fourth-order valence-electron chi connectivity index (χ4n) is 2.60. The number of aldehydes is 1. The maximum atomic E-state index is 11.3. The van der Waals surface area contributed by atoms with Gasteiger partial charge in [-0.25, -0.2) is 0 Å². The molecule has 0 saturated heterocycles. The average Bonchev–Trinajstić information content (AvgIpc) is 2.48. The summed E-state index contributed by atoms with van der Waals surface area (Å²) in [5.74, 6) is 0. The summed E-state index contributed by atoms with van der Waals surface area (Å²) in [6.45, 7) is 2.06. The standard InChI is InChI=1S/C18H13ClO/c1-12-6-7-13-4-2-3-5-16(13)18(12)17-9-8-15(19)10-14(17)11-20/h2-11H,1H3. The van der Waals surface area contributed by atoms with Crippen molar-refractivity contribution >= 4 is 28.7 Å². The van der Waals surface area contributed by atoms with E-state index in [1.54, 1.807) is 6.07 Å². The van der Waals surface area contributed by atoms with E-state index in [4.69, 9.17) is 11.6 Å². The van der Waals surface area contributed by atoms with Gasteiger partial charge in [0.1, 0.15) is 0 Å². The Morgan fingerprint density at radius 3 is 2.60 bits per heavy atom. The van der Waals surface area contributed by atoms with Crippen LogP contribution in [0.15, 0.2) is 54.6 Å². The van der Waals surface area contributed by atoms with Crippen LogP contribution in [-0.4, -0.2) is 6.29 Å². The Hall–Kier alpha value is -2.12. The SMILES string of the molecule is Cc1ccc2ccccc2c1-c1ccc(Cl)cc1C=O. The second-order valence-corrected chi connectivity index (χ2v) is 5.26. The molecule has 0 aliphatic carbocycles. The van der Waals surface area contributed by atoms with Gasteiger partial charge in [0.05, 0.1) is 0 Å². The van der Waals surface area contributed by atoms with Crippen molar-refractivity contribution in [3.63, 3.8) is 0 Å². The van der Waals surface area contributed by atoms with Crippen molar-refractivity contribution in [3.05, 3.63) is 70.7 Å². The molecule has 0 saturated carbocycles. The van der Waals surface area contributed by atoms with Crippen LogP contribution in [0.3, 0.4) is 0 Å². The zero-order valence-corrected chi connectivity index (χ0v) is 11.8. The molecule has 0 spiro atoms. The molecular weight excluding hydrogens is 268 g/mol. The van der Waals surface area contributed by atoms with Gasteiger partial charge in [-0.3, -0.25) is 4.79 Å². The van der Waals surface area contributed by atoms with Crippen molar-refractivity contribution in [2.24, 2.45) is 0 Å². The van der Waals surface area contributed by atoms with E-state index in [-0.39, 0.29) is 0 Å². The van der Waals surface area contributed by atoms with Crippen molar-refractivity contribution < 1.29 is 4.79 Å². The molecule has 0 amide bonds. The van der Waals surface area contributed by atoms with Crippen LogP contribution in [0, 0.1) is 6.92 Å². The molecule has 0 radical (unpaired) electrons. The number of benzene rings is 3. The maximum Gasteiger partial charge on any atom is 0.150 e. The summed E-state index contributed by atoms with van der Waals surface area (Å²) in [5, 5.41) is 2.89. The lowest BCUT2D eigenvalue weighted by molar-refractivity contribution is 0.112. The summed E-state index contributed by atoms with van der Waals surface area (Å²) in [6.07, 6.45) is 0.864. The first-order chi connectivity index (χ1) is 9.70. The van der Waals surface area contributed by atoms with E-state index in [1.807, 2.05) is 24.3 Å². The van der Waals surface area contributed by atoms with Gasteiger partial charge in [-0.1, -0.05) is 54.1 Å². The molecule has 0 unspecified atom stereocenters. The Morgan fingerprint density at radius 2 is 1.80 bits per heavy atom. The van der Waals surface area contributed by atoms with Crippen LogP contribution >= 0.6 is 11.6 Å². The van der Waals surface area contributed by atoms with Crippen molar-refractivity contribution in [3.8, 4) is 11.1 Å². The number of carbonyl (C=O) groups is 1. The minimum atomic E-state index is 0.578. The normalized spacial score (nSPS) is 10.7. The molecule has 2 heteroatoms. The predicted molar refractivity (Wildman–Crippen MR) is 84.5 cm³/mol. The largest absolute Gasteiger partial charge is 0.298 e. The third kappa shape index (κ3) is 2.10. The summed E-state index contributed by atoms with van der Waals surface area (Å²) >= 11 is 5.98.